The van der Waals surface area contributed by atoms with Gasteiger partial charge in [-0.2, -0.15) is 0 Å². The molecular formula is C34H58N4O4. The largest absolute Gasteiger partial charge is 0.383 e. The van der Waals surface area contributed by atoms with Crippen LogP contribution in [-0.4, -0.2) is 75.6 Å². The third-order valence-corrected chi connectivity index (χ3v) is 12.9. The SMILES string of the molecule is COCCN(C(=O)NC1CC2(CCCCC2)N([O])C2(CCCCC2)C1)C1CC2(CCCCC2)N([O])C2(CCCCC2)C1. The van der Waals surface area contributed by atoms with Gasteiger partial charge in [0.05, 0.1) is 28.8 Å². The van der Waals surface area contributed by atoms with Crippen LogP contribution in [0.5, 0.6) is 0 Å². The van der Waals surface area contributed by atoms with Gasteiger partial charge in [-0.3, -0.25) is 0 Å². The van der Waals surface area contributed by atoms with E-state index < -0.39 is 0 Å². The van der Waals surface area contributed by atoms with Crippen LogP contribution in [0.3, 0.4) is 0 Å². The van der Waals surface area contributed by atoms with Gasteiger partial charge in [-0.25, -0.2) is 4.79 Å². The first-order valence-electron chi connectivity index (χ1n) is 17.9. The highest BCUT2D eigenvalue weighted by Gasteiger charge is 2.58. The predicted molar refractivity (Wildman–Crippen MR) is 161 cm³/mol. The fourth-order valence-corrected chi connectivity index (χ4v) is 11.0. The normalized spacial score (nSPS) is 32.7. The standard InChI is InChI=1S/C34H58N4O4/c1-42-23-22-36(29-26-33(18-10-4-11-19-33)38(41)34(27-29)20-12-5-13-21-34)30(39)35-28-24-31(14-6-2-7-15-31)37(40)32(25-28)16-8-3-9-17-32/h28-29H,2-27H2,1H3,(H,35,39). The van der Waals surface area contributed by atoms with Crippen LogP contribution >= 0.6 is 0 Å². The Bertz CT molecular complexity index is 849. The highest BCUT2D eigenvalue weighted by Crippen LogP contribution is 2.53. The Morgan fingerprint density at radius 3 is 1.36 bits per heavy atom. The highest BCUT2D eigenvalue weighted by molar-refractivity contribution is 5.75. The third kappa shape index (κ3) is 5.77. The molecule has 42 heavy (non-hydrogen) atoms. The predicted octanol–water partition coefficient (Wildman–Crippen LogP) is 7.08. The third-order valence-electron chi connectivity index (χ3n) is 12.9. The van der Waals surface area contributed by atoms with Gasteiger partial charge in [0.15, 0.2) is 0 Å². The molecule has 2 saturated heterocycles. The summed E-state index contributed by atoms with van der Waals surface area (Å²) in [5.74, 6) is 0. The van der Waals surface area contributed by atoms with Crippen LogP contribution in [0.2, 0.25) is 0 Å². The fraction of sp³-hybridized carbons (Fsp3) is 0.971. The molecule has 0 atom stereocenters. The second-order valence-corrected chi connectivity index (χ2v) is 15.5. The summed E-state index contributed by atoms with van der Waals surface area (Å²) >= 11 is 0. The number of carbonyl (C=O) groups excluding carboxylic acids is 1. The van der Waals surface area contributed by atoms with E-state index in [0.29, 0.717) is 13.2 Å². The van der Waals surface area contributed by atoms with Crippen molar-refractivity contribution >= 4 is 6.03 Å². The van der Waals surface area contributed by atoms with Crippen molar-refractivity contribution in [2.24, 2.45) is 0 Å². The lowest BCUT2D eigenvalue weighted by Crippen LogP contribution is -2.70. The van der Waals surface area contributed by atoms with E-state index >= 15 is 0 Å². The minimum atomic E-state index is -0.337. The summed E-state index contributed by atoms with van der Waals surface area (Å²) in [6, 6.07) is 0.0823. The smallest absolute Gasteiger partial charge is 0.317 e. The van der Waals surface area contributed by atoms with E-state index in [-0.39, 0.29) is 40.3 Å². The van der Waals surface area contributed by atoms with E-state index in [4.69, 9.17) is 4.74 Å². The summed E-state index contributed by atoms with van der Waals surface area (Å²) in [5, 5.41) is 35.2. The molecule has 2 heterocycles. The van der Waals surface area contributed by atoms with Crippen LogP contribution in [0.15, 0.2) is 0 Å². The number of nitrogens with one attached hydrogen (secondary N) is 1. The van der Waals surface area contributed by atoms with Gasteiger partial charge < -0.3 is 15.0 Å². The minimum absolute atomic E-state index is 0.00888. The van der Waals surface area contributed by atoms with E-state index in [2.05, 4.69) is 10.2 Å². The van der Waals surface area contributed by atoms with Gasteiger partial charge in [0, 0.05) is 25.7 Å². The molecule has 2 aliphatic heterocycles. The summed E-state index contributed by atoms with van der Waals surface area (Å²) in [5.41, 5.74) is -1.32. The average Bonchev–Trinajstić information content (AvgIpc) is 3.01. The number of hydroxylamine groups is 4. The van der Waals surface area contributed by atoms with Crippen molar-refractivity contribution in [1.82, 2.24) is 20.3 Å². The average molecular weight is 587 g/mol. The Kier molecular flexibility index (Phi) is 9.48. The molecule has 238 valence electrons. The van der Waals surface area contributed by atoms with Gasteiger partial charge in [-0.1, -0.05) is 77.0 Å². The number of carbonyl (C=O) groups is 1. The molecule has 6 rings (SSSR count). The van der Waals surface area contributed by atoms with Crippen molar-refractivity contribution in [3.8, 4) is 0 Å². The first-order chi connectivity index (χ1) is 20.4. The number of hydrogen-bond donors (Lipinski definition) is 1. The lowest BCUT2D eigenvalue weighted by atomic mass is 9.65. The number of amides is 2. The van der Waals surface area contributed by atoms with Gasteiger partial charge in [0.2, 0.25) is 0 Å². The Hall–Kier alpha value is -0.930. The van der Waals surface area contributed by atoms with E-state index in [1.165, 1.54) is 25.7 Å². The molecule has 0 aromatic rings. The molecular weight excluding hydrogens is 528 g/mol. The highest BCUT2D eigenvalue weighted by atomic mass is 16.5. The number of hydrogen-bond acceptors (Lipinski definition) is 4. The molecule has 6 aliphatic rings. The van der Waals surface area contributed by atoms with E-state index in [1.54, 1.807) is 17.2 Å². The number of nitrogens with zero attached hydrogens (tertiary/aromatic N) is 3. The number of methoxy groups -OCH3 is 1. The van der Waals surface area contributed by atoms with E-state index in [0.717, 1.165) is 128 Å². The summed E-state index contributed by atoms with van der Waals surface area (Å²) < 4.78 is 5.55. The van der Waals surface area contributed by atoms with Crippen LogP contribution in [0.1, 0.15) is 154 Å². The van der Waals surface area contributed by atoms with Crippen molar-refractivity contribution in [1.29, 1.82) is 0 Å². The molecule has 2 amide bonds. The van der Waals surface area contributed by atoms with Gasteiger partial charge in [-0.15, -0.1) is 20.5 Å². The quantitative estimate of drug-likeness (QED) is 0.373. The molecule has 8 heteroatoms. The summed E-state index contributed by atoms with van der Waals surface area (Å²) in [7, 11) is 1.71. The maximum atomic E-state index is 14.4. The number of rotatable bonds is 5. The molecule has 0 aromatic carbocycles. The Morgan fingerprint density at radius 1 is 0.643 bits per heavy atom. The van der Waals surface area contributed by atoms with Crippen LogP contribution < -0.4 is 5.32 Å². The molecule has 0 unspecified atom stereocenters. The summed E-state index contributed by atoms with van der Waals surface area (Å²) in [4.78, 5) is 16.5. The van der Waals surface area contributed by atoms with Crippen molar-refractivity contribution in [3.05, 3.63) is 0 Å². The lowest BCUT2D eigenvalue weighted by molar-refractivity contribution is -0.323. The lowest BCUT2D eigenvalue weighted by Gasteiger charge is -2.60. The molecule has 6 fully saturated rings. The maximum Gasteiger partial charge on any atom is 0.317 e. The van der Waals surface area contributed by atoms with E-state index in [9.17, 15) is 15.2 Å². The molecule has 0 aromatic heterocycles. The van der Waals surface area contributed by atoms with Crippen molar-refractivity contribution in [2.75, 3.05) is 20.3 Å². The monoisotopic (exact) mass is 586 g/mol. The molecule has 4 saturated carbocycles. The number of urea groups is 1. The van der Waals surface area contributed by atoms with Crippen molar-refractivity contribution in [2.45, 2.75) is 188 Å². The van der Waals surface area contributed by atoms with Gasteiger partial charge in [0.1, 0.15) is 0 Å². The van der Waals surface area contributed by atoms with Crippen LogP contribution in [0.4, 0.5) is 4.79 Å². The van der Waals surface area contributed by atoms with E-state index in [1.807, 2.05) is 0 Å². The zero-order valence-electron chi connectivity index (χ0n) is 26.5. The zero-order valence-corrected chi connectivity index (χ0v) is 26.5. The molecule has 4 aliphatic carbocycles. The zero-order chi connectivity index (χ0) is 29.3. The molecule has 8 nitrogen and oxygen atoms in total. The summed E-state index contributed by atoms with van der Waals surface area (Å²) in [6.45, 7) is 1.05. The van der Waals surface area contributed by atoms with Crippen LogP contribution in [0, 0.1) is 0 Å². The number of piperidine rings is 2. The molecule has 4 spiro atoms. The molecule has 0 bridgehead atoms. The maximum absolute atomic E-state index is 14.4. The summed E-state index contributed by atoms with van der Waals surface area (Å²) in [6.07, 6.45) is 24.6. The Labute approximate surface area is 254 Å². The molecule has 2 radical (unpaired) electrons. The van der Waals surface area contributed by atoms with Crippen molar-refractivity contribution < 1.29 is 19.9 Å². The second kappa shape index (κ2) is 12.8. The Morgan fingerprint density at radius 2 is 1.00 bits per heavy atom. The fourth-order valence-electron chi connectivity index (χ4n) is 11.0. The van der Waals surface area contributed by atoms with Gasteiger partial charge in [-0.05, 0) is 77.0 Å². The number of ether oxygens (including phenoxy) is 1. The second-order valence-electron chi connectivity index (χ2n) is 15.5. The van der Waals surface area contributed by atoms with Crippen LogP contribution in [0.25, 0.3) is 0 Å². The van der Waals surface area contributed by atoms with Gasteiger partial charge >= 0.3 is 6.03 Å². The minimum Gasteiger partial charge on any atom is -0.383 e. The van der Waals surface area contributed by atoms with Gasteiger partial charge in [0.25, 0.3) is 0 Å². The van der Waals surface area contributed by atoms with Crippen molar-refractivity contribution in [3.63, 3.8) is 0 Å². The molecule has 1 N–H and O–H groups in total. The topological polar surface area (TPSA) is 87.8 Å². The first-order valence-corrected chi connectivity index (χ1v) is 17.9. The van der Waals surface area contributed by atoms with Crippen LogP contribution in [-0.2, 0) is 15.2 Å². The Balaban J connectivity index is 1.25. The first kappa shape index (κ1) is 31.1.